The molecule has 0 radical (unpaired) electrons. The lowest BCUT2D eigenvalue weighted by Gasteiger charge is -2.03. The Kier molecular flexibility index (Phi) is 3.10. The number of aryl methyl sites for hydroxylation is 2. The van der Waals surface area contributed by atoms with Crippen LogP contribution in [0.15, 0.2) is 10.9 Å². The Bertz CT molecular complexity index is 659. The third-order valence-electron chi connectivity index (χ3n) is 3.16. The van der Waals surface area contributed by atoms with Crippen molar-refractivity contribution in [3.8, 4) is 10.6 Å². The highest BCUT2D eigenvalue weighted by Gasteiger charge is 2.17. The second-order valence-electron chi connectivity index (χ2n) is 5.08. The van der Waals surface area contributed by atoms with Gasteiger partial charge in [-0.1, -0.05) is 11.3 Å². The first-order chi connectivity index (χ1) is 9.13. The SMILES string of the molecule is CC(C)Nc1nnc(-c2cc3c([nH]c2=O)CCC3)s1. The average molecular weight is 276 g/mol. The summed E-state index contributed by atoms with van der Waals surface area (Å²) in [6.07, 6.45) is 3.13. The summed E-state index contributed by atoms with van der Waals surface area (Å²) in [5.74, 6) is 0. The standard InChI is InChI=1S/C13H16N4OS/c1-7(2)14-13-17-16-12(19-13)9-6-8-4-3-5-10(8)15-11(9)18/h6-7H,3-5H2,1-2H3,(H,14,17)(H,15,18). The summed E-state index contributed by atoms with van der Waals surface area (Å²) in [5, 5.41) is 12.8. The Morgan fingerprint density at radius 1 is 1.37 bits per heavy atom. The zero-order valence-corrected chi connectivity index (χ0v) is 11.8. The third kappa shape index (κ3) is 2.40. The fourth-order valence-corrected chi connectivity index (χ4v) is 3.21. The average Bonchev–Trinajstić information content (AvgIpc) is 2.95. The minimum Gasteiger partial charge on any atom is -0.358 e. The first-order valence-corrected chi connectivity index (χ1v) is 7.30. The Labute approximate surface area is 115 Å². The molecular weight excluding hydrogens is 260 g/mol. The van der Waals surface area contributed by atoms with Gasteiger partial charge in [0.05, 0.1) is 5.56 Å². The molecule has 0 unspecified atom stereocenters. The molecule has 0 bridgehead atoms. The monoisotopic (exact) mass is 276 g/mol. The highest BCUT2D eigenvalue weighted by molar-refractivity contribution is 7.18. The van der Waals surface area contributed by atoms with E-state index in [1.165, 1.54) is 16.9 Å². The number of rotatable bonds is 3. The van der Waals surface area contributed by atoms with Crippen molar-refractivity contribution in [1.82, 2.24) is 15.2 Å². The van der Waals surface area contributed by atoms with Crippen molar-refractivity contribution in [1.29, 1.82) is 0 Å². The number of aromatic amines is 1. The van der Waals surface area contributed by atoms with E-state index in [2.05, 4.69) is 20.5 Å². The summed E-state index contributed by atoms with van der Waals surface area (Å²) in [4.78, 5) is 15.0. The molecule has 0 saturated carbocycles. The number of fused-ring (bicyclic) bond motifs is 1. The molecule has 2 N–H and O–H groups in total. The van der Waals surface area contributed by atoms with Gasteiger partial charge in [-0.25, -0.2) is 0 Å². The molecule has 2 aromatic heterocycles. The second kappa shape index (κ2) is 4.77. The molecule has 6 heteroatoms. The van der Waals surface area contributed by atoms with Crippen LogP contribution in [0.5, 0.6) is 0 Å². The summed E-state index contributed by atoms with van der Waals surface area (Å²) in [6, 6.07) is 2.28. The maximum atomic E-state index is 12.1. The van der Waals surface area contributed by atoms with Crippen LogP contribution in [0.3, 0.4) is 0 Å². The zero-order valence-electron chi connectivity index (χ0n) is 11.0. The predicted molar refractivity (Wildman–Crippen MR) is 76.7 cm³/mol. The van der Waals surface area contributed by atoms with Crippen LogP contribution in [0, 0.1) is 0 Å². The van der Waals surface area contributed by atoms with E-state index < -0.39 is 0 Å². The van der Waals surface area contributed by atoms with Crippen LogP contribution < -0.4 is 10.9 Å². The van der Waals surface area contributed by atoms with E-state index in [9.17, 15) is 4.79 Å². The number of hydrogen-bond acceptors (Lipinski definition) is 5. The van der Waals surface area contributed by atoms with E-state index in [4.69, 9.17) is 0 Å². The van der Waals surface area contributed by atoms with Gasteiger partial charge in [0.15, 0.2) is 5.01 Å². The first kappa shape index (κ1) is 12.3. The van der Waals surface area contributed by atoms with Gasteiger partial charge in [0.1, 0.15) is 0 Å². The quantitative estimate of drug-likeness (QED) is 0.901. The van der Waals surface area contributed by atoms with Gasteiger partial charge >= 0.3 is 0 Å². The van der Waals surface area contributed by atoms with Crippen molar-refractivity contribution in [2.24, 2.45) is 0 Å². The van der Waals surface area contributed by atoms with Gasteiger partial charge in [0.25, 0.3) is 5.56 Å². The Hall–Kier alpha value is -1.69. The molecular formula is C13H16N4OS. The molecule has 1 aliphatic carbocycles. The fourth-order valence-electron chi connectivity index (χ4n) is 2.31. The van der Waals surface area contributed by atoms with Gasteiger partial charge in [-0.05, 0) is 44.7 Å². The minimum absolute atomic E-state index is 0.0621. The lowest BCUT2D eigenvalue weighted by molar-refractivity contribution is 0.888. The highest BCUT2D eigenvalue weighted by atomic mass is 32.1. The number of H-pyrrole nitrogens is 1. The molecule has 5 nitrogen and oxygen atoms in total. The van der Waals surface area contributed by atoms with Gasteiger partial charge in [0.2, 0.25) is 5.13 Å². The zero-order chi connectivity index (χ0) is 13.4. The molecule has 100 valence electrons. The Morgan fingerprint density at radius 2 is 2.21 bits per heavy atom. The van der Waals surface area contributed by atoms with E-state index in [0.29, 0.717) is 16.6 Å². The number of pyridine rings is 1. The third-order valence-corrected chi connectivity index (χ3v) is 4.04. The van der Waals surface area contributed by atoms with Gasteiger partial charge in [0, 0.05) is 11.7 Å². The molecule has 0 spiro atoms. The molecule has 0 atom stereocenters. The molecule has 2 aromatic rings. The maximum absolute atomic E-state index is 12.1. The van der Waals surface area contributed by atoms with Crippen LogP contribution in [0.4, 0.5) is 5.13 Å². The second-order valence-corrected chi connectivity index (χ2v) is 6.06. The van der Waals surface area contributed by atoms with Crippen molar-refractivity contribution in [2.45, 2.75) is 39.2 Å². The van der Waals surface area contributed by atoms with Crippen LogP contribution in [-0.2, 0) is 12.8 Å². The maximum Gasteiger partial charge on any atom is 0.258 e. The van der Waals surface area contributed by atoms with Crippen molar-refractivity contribution in [2.75, 3.05) is 5.32 Å². The van der Waals surface area contributed by atoms with E-state index in [1.54, 1.807) is 0 Å². The summed E-state index contributed by atoms with van der Waals surface area (Å²) in [5.41, 5.74) is 2.89. The molecule has 19 heavy (non-hydrogen) atoms. The number of hydrogen-bond donors (Lipinski definition) is 2. The molecule has 0 aromatic carbocycles. The number of nitrogens with zero attached hydrogens (tertiary/aromatic N) is 2. The number of nitrogens with one attached hydrogen (secondary N) is 2. The van der Waals surface area contributed by atoms with Crippen molar-refractivity contribution in [3.63, 3.8) is 0 Å². The van der Waals surface area contributed by atoms with Crippen LogP contribution in [0.25, 0.3) is 10.6 Å². The van der Waals surface area contributed by atoms with Crippen LogP contribution in [-0.4, -0.2) is 21.2 Å². The van der Waals surface area contributed by atoms with Crippen molar-refractivity contribution >= 4 is 16.5 Å². The van der Waals surface area contributed by atoms with Gasteiger partial charge in [-0.2, -0.15) is 0 Å². The molecule has 0 amide bonds. The largest absolute Gasteiger partial charge is 0.358 e. The summed E-state index contributed by atoms with van der Waals surface area (Å²) in [7, 11) is 0. The molecule has 1 aliphatic rings. The minimum atomic E-state index is -0.0621. The molecule has 3 rings (SSSR count). The topological polar surface area (TPSA) is 70.7 Å². The predicted octanol–water partition coefficient (Wildman–Crippen LogP) is 2.20. The van der Waals surface area contributed by atoms with Gasteiger partial charge < -0.3 is 10.3 Å². The summed E-state index contributed by atoms with van der Waals surface area (Å²) >= 11 is 1.42. The van der Waals surface area contributed by atoms with E-state index in [1.807, 2.05) is 19.9 Å². The van der Waals surface area contributed by atoms with Crippen molar-refractivity contribution < 1.29 is 0 Å². The molecule has 0 saturated heterocycles. The lowest BCUT2D eigenvalue weighted by atomic mass is 10.1. The number of anilines is 1. The van der Waals surface area contributed by atoms with Crippen LogP contribution in [0.2, 0.25) is 0 Å². The van der Waals surface area contributed by atoms with E-state index in [-0.39, 0.29) is 5.56 Å². The van der Waals surface area contributed by atoms with E-state index in [0.717, 1.165) is 30.1 Å². The molecule has 2 heterocycles. The number of aromatic nitrogens is 3. The Morgan fingerprint density at radius 3 is 3.00 bits per heavy atom. The highest BCUT2D eigenvalue weighted by Crippen LogP contribution is 2.27. The smallest absolute Gasteiger partial charge is 0.258 e. The molecule has 0 aliphatic heterocycles. The Balaban J connectivity index is 1.98. The van der Waals surface area contributed by atoms with Crippen LogP contribution in [0.1, 0.15) is 31.5 Å². The summed E-state index contributed by atoms with van der Waals surface area (Å²) in [6.45, 7) is 4.09. The fraction of sp³-hybridized carbons (Fsp3) is 0.462. The van der Waals surface area contributed by atoms with Gasteiger partial charge in [-0.3, -0.25) is 4.79 Å². The van der Waals surface area contributed by atoms with Crippen LogP contribution >= 0.6 is 11.3 Å². The van der Waals surface area contributed by atoms with Gasteiger partial charge in [-0.15, -0.1) is 10.2 Å². The lowest BCUT2D eigenvalue weighted by Crippen LogP contribution is -2.11. The normalized spacial score (nSPS) is 13.8. The van der Waals surface area contributed by atoms with E-state index >= 15 is 0 Å². The molecule has 0 fully saturated rings. The first-order valence-electron chi connectivity index (χ1n) is 6.49. The summed E-state index contributed by atoms with van der Waals surface area (Å²) < 4.78 is 0. The van der Waals surface area contributed by atoms with Crippen molar-refractivity contribution in [3.05, 3.63) is 27.7 Å².